The largest absolute Gasteiger partial charge is 0.495 e. The van der Waals surface area contributed by atoms with Crippen LogP contribution >= 0.6 is 0 Å². The van der Waals surface area contributed by atoms with Crippen molar-refractivity contribution in [1.29, 1.82) is 0 Å². The second-order valence-electron chi connectivity index (χ2n) is 5.60. The Bertz CT molecular complexity index is 816. The number of halogens is 5. The van der Waals surface area contributed by atoms with E-state index in [2.05, 4.69) is 5.32 Å². The summed E-state index contributed by atoms with van der Waals surface area (Å²) < 4.78 is 72.5. The molecule has 0 radical (unpaired) electrons. The average molecular weight is 388 g/mol. The van der Waals surface area contributed by atoms with Crippen molar-refractivity contribution in [3.05, 3.63) is 58.9 Å². The van der Waals surface area contributed by atoms with Crippen LogP contribution in [-0.2, 0) is 11.3 Å². The van der Waals surface area contributed by atoms with Crippen LogP contribution in [0.2, 0.25) is 0 Å². The normalized spacial score (nSPS) is 11.0. The molecule has 0 aliphatic carbocycles. The van der Waals surface area contributed by atoms with Gasteiger partial charge in [-0.2, -0.15) is 0 Å². The van der Waals surface area contributed by atoms with Crippen LogP contribution in [0.25, 0.3) is 0 Å². The Balaban J connectivity index is 2.16. The predicted octanol–water partition coefficient (Wildman–Crippen LogP) is 3.85. The van der Waals surface area contributed by atoms with Gasteiger partial charge in [-0.05, 0) is 18.7 Å². The van der Waals surface area contributed by atoms with Gasteiger partial charge in [0.15, 0.2) is 23.3 Å². The SMILES string of the molecule is CCN(CC(=O)Nc1ccccc1OC)Cc1c(F)c(F)c(F)c(F)c1F. The van der Waals surface area contributed by atoms with E-state index in [1.54, 1.807) is 31.2 Å². The minimum atomic E-state index is -2.22. The Labute approximate surface area is 152 Å². The summed E-state index contributed by atoms with van der Waals surface area (Å²) in [6, 6.07) is 6.60. The first-order valence-electron chi connectivity index (χ1n) is 7.95. The van der Waals surface area contributed by atoms with Crippen molar-refractivity contribution in [3.8, 4) is 5.75 Å². The Morgan fingerprint density at radius 3 is 2.11 bits per heavy atom. The molecule has 0 saturated heterocycles. The van der Waals surface area contributed by atoms with Crippen molar-refractivity contribution in [3.63, 3.8) is 0 Å². The molecule has 0 aliphatic rings. The number of nitrogens with zero attached hydrogens (tertiary/aromatic N) is 1. The van der Waals surface area contributed by atoms with Gasteiger partial charge in [-0.15, -0.1) is 0 Å². The molecule has 1 N–H and O–H groups in total. The highest BCUT2D eigenvalue weighted by Gasteiger charge is 2.27. The topological polar surface area (TPSA) is 41.6 Å². The molecule has 4 nitrogen and oxygen atoms in total. The number of hydrogen-bond acceptors (Lipinski definition) is 3. The summed E-state index contributed by atoms with van der Waals surface area (Å²) >= 11 is 0. The molecule has 1 amide bonds. The van der Waals surface area contributed by atoms with Crippen molar-refractivity contribution >= 4 is 11.6 Å². The van der Waals surface area contributed by atoms with Crippen molar-refractivity contribution in [2.24, 2.45) is 0 Å². The molecule has 0 aliphatic heterocycles. The number of nitrogens with one attached hydrogen (secondary N) is 1. The van der Waals surface area contributed by atoms with Gasteiger partial charge in [-0.1, -0.05) is 19.1 Å². The summed E-state index contributed by atoms with van der Waals surface area (Å²) in [5.41, 5.74) is -0.601. The molecule has 0 unspecified atom stereocenters. The molecular weight excluding hydrogens is 371 g/mol. The third-order valence-electron chi connectivity index (χ3n) is 3.88. The van der Waals surface area contributed by atoms with Gasteiger partial charge in [0.25, 0.3) is 0 Å². The van der Waals surface area contributed by atoms with Crippen LogP contribution in [0.1, 0.15) is 12.5 Å². The number of methoxy groups -OCH3 is 1. The van der Waals surface area contributed by atoms with E-state index in [1.165, 1.54) is 12.0 Å². The molecule has 2 aromatic carbocycles. The smallest absolute Gasteiger partial charge is 0.238 e. The lowest BCUT2D eigenvalue weighted by Gasteiger charge is -2.21. The number of likely N-dealkylation sites (N-methyl/N-ethyl adjacent to an activating group) is 1. The molecule has 2 aromatic rings. The van der Waals surface area contributed by atoms with Gasteiger partial charge in [0, 0.05) is 12.1 Å². The zero-order valence-corrected chi connectivity index (χ0v) is 14.6. The number of benzene rings is 2. The minimum Gasteiger partial charge on any atom is -0.495 e. The molecule has 0 atom stereocenters. The number of carbonyl (C=O) groups excluding carboxylic acids is 1. The zero-order valence-electron chi connectivity index (χ0n) is 14.6. The van der Waals surface area contributed by atoms with Crippen molar-refractivity contribution in [1.82, 2.24) is 4.90 Å². The number of hydrogen-bond donors (Lipinski definition) is 1. The molecule has 0 aromatic heterocycles. The van der Waals surface area contributed by atoms with E-state index < -0.39 is 47.1 Å². The number of anilines is 1. The first kappa shape index (κ1) is 20.6. The van der Waals surface area contributed by atoms with E-state index in [0.717, 1.165) is 0 Å². The summed E-state index contributed by atoms with van der Waals surface area (Å²) in [5, 5.41) is 2.57. The highest BCUT2D eigenvalue weighted by Crippen LogP contribution is 2.25. The monoisotopic (exact) mass is 388 g/mol. The van der Waals surface area contributed by atoms with E-state index >= 15 is 0 Å². The fraction of sp³-hybridized carbons (Fsp3) is 0.278. The average Bonchev–Trinajstić information content (AvgIpc) is 2.67. The standard InChI is InChI=1S/C18H17F5N2O2/c1-3-25(8-10-14(19)16(21)18(23)17(22)15(10)20)9-13(26)24-11-6-4-5-7-12(11)27-2/h4-7H,3,8-9H2,1-2H3,(H,24,26). The van der Waals surface area contributed by atoms with Gasteiger partial charge < -0.3 is 10.1 Å². The molecule has 146 valence electrons. The number of ether oxygens (including phenoxy) is 1. The number of rotatable bonds is 7. The van der Waals surface area contributed by atoms with Crippen molar-refractivity contribution in [2.45, 2.75) is 13.5 Å². The molecule has 0 spiro atoms. The van der Waals surface area contributed by atoms with Crippen LogP contribution in [0, 0.1) is 29.1 Å². The summed E-state index contributed by atoms with van der Waals surface area (Å²) in [6.45, 7) is 0.775. The van der Waals surface area contributed by atoms with Crippen LogP contribution in [0.15, 0.2) is 24.3 Å². The predicted molar refractivity (Wildman–Crippen MR) is 88.8 cm³/mol. The van der Waals surface area contributed by atoms with E-state index in [4.69, 9.17) is 4.74 Å². The third kappa shape index (κ3) is 4.54. The summed E-state index contributed by atoms with van der Waals surface area (Å²) in [7, 11) is 1.42. The van der Waals surface area contributed by atoms with Gasteiger partial charge in [-0.25, -0.2) is 22.0 Å². The lowest BCUT2D eigenvalue weighted by Crippen LogP contribution is -2.33. The molecule has 0 bridgehead atoms. The van der Waals surface area contributed by atoms with Crippen LogP contribution in [0.5, 0.6) is 5.75 Å². The van der Waals surface area contributed by atoms with Gasteiger partial charge >= 0.3 is 0 Å². The van der Waals surface area contributed by atoms with E-state index in [9.17, 15) is 26.7 Å². The van der Waals surface area contributed by atoms with Crippen LogP contribution in [0.4, 0.5) is 27.6 Å². The number of carbonyl (C=O) groups is 1. The second-order valence-corrected chi connectivity index (χ2v) is 5.60. The van der Waals surface area contributed by atoms with Crippen LogP contribution in [0.3, 0.4) is 0 Å². The maximum absolute atomic E-state index is 13.8. The first-order valence-corrected chi connectivity index (χ1v) is 7.95. The quantitative estimate of drug-likeness (QED) is 0.445. The molecular formula is C18H17F5N2O2. The Kier molecular flexibility index (Phi) is 6.73. The number of amides is 1. The molecule has 2 rings (SSSR count). The molecule has 9 heteroatoms. The Morgan fingerprint density at radius 1 is 1.00 bits per heavy atom. The summed E-state index contributed by atoms with van der Waals surface area (Å²) in [5.74, 6) is -10.2. The minimum absolute atomic E-state index is 0.138. The van der Waals surface area contributed by atoms with Gasteiger partial charge in [-0.3, -0.25) is 9.69 Å². The summed E-state index contributed by atoms with van der Waals surface area (Å²) in [6.07, 6.45) is 0. The fourth-order valence-corrected chi connectivity index (χ4v) is 2.43. The lowest BCUT2D eigenvalue weighted by atomic mass is 10.1. The highest BCUT2D eigenvalue weighted by molar-refractivity contribution is 5.93. The first-order chi connectivity index (χ1) is 12.8. The van der Waals surface area contributed by atoms with Crippen LogP contribution < -0.4 is 10.1 Å². The highest BCUT2D eigenvalue weighted by atomic mass is 19.2. The van der Waals surface area contributed by atoms with Gasteiger partial charge in [0.2, 0.25) is 11.7 Å². The maximum Gasteiger partial charge on any atom is 0.238 e. The fourth-order valence-electron chi connectivity index (χ4n) is 2.43. The second kappa shape index (κ2) is 8.81. The van der Waals surface area contributed by atoms with Crippen molar-refractivity contribution < 1.29 is 31.5 Å². The Morgan fingerprint density at radius 2 is 1.56 bits per heavy atom. The van der Waals surface area contributed by atoms with Crippen LogP contribution in [-0.4, -0.2) is 31.0 Å². The zero-order chi connectivity index (χ0) is 20.1. The lowest BCUT2D eigenvalue weighted by molar-refractivity contribution is -0.117. The van der Waals surface area contributed by atoms with Gasteiger partial charge in [0.05, 0.1) is 19.3 Å². The molecule has 0 saturated carbocycles. The van der Waals surface area contributed by atoms with E-state index in [1.807, 2.05) is 0 Å². The number of para-hydroxylation sites is 2. The summed E-state index contributed by atoms with van der Waals surface area (Å²) in [4.78, 5) is 13.4. The molecule has 0 fully saturated rings. The molecule has 0 heterocycles. The van der Waals surface area contributed by atoms with E-state index in [0.29, 0.717) is 11.4 Å². The maximum atomic E-state index is 13.8. The third-order valence-corrected chi connectivity index (χ3v) is 3.88. The van der Waals surface area contributed by atoms with E-state index in [-0.39, 0.29) is 13.1 Å². The van der Waals surface area contributed by atoms with Gasteiger partial charge in [0.1, 0.15) is 5.75 Å². The Hall–Kier alpha value is -2.68. The molecule has 27 heavy (non-hydrogen) atoms. The van der Waals surface area contributed by atoms with Crippen molar-refractivity contribution in [2.75, 3.05) is 25.5 Å².